The van der Waals surface area contributed by atoms with Crippen LogP contribution in [-0.4, -0.2) is 31.8 Å². The number of pyridine rings is 2. The second-order valence-corrected chi connectivity index (χ2v) is 8.44. The van der Waals surface area contributed by atoms with Crippen molar-refractivity contribution < 1.29 is 9.59 Å². The van der Waals surface area contributed by atoms with Crippen LogP contribution in [0.2, 0.25) is 0 Å². The van der Waals surface area contributed by atoms with E-state index in [0.717, 1.165) is 11.3 Å². The monoisotopic (exact) mass is 423 g/mol. The van der Waals surface area contributed by atoms with E-state index in [1.165, 1.54) is 12.4 Å². The van der Waals surface area contributed by atoms with Crippen molar-refractivity contribution in [2.75, 3.05) is 0 Å². The molecular weight excluding hydrogens is 394 g/mol. The fourth-order valence-electron chi connectivity index (χ4n) is 3.37. The molecular formula is C23H29N5O3. The molecule has 8 nitrogen and oxygen atoms in total. The molecule has 2 N–H and O–H groups in total. The van der Waals surface area contributed by atoms with E-state index in [1.54, 1.807) is 4.57 Å². The average molecular weight is 424 g/mol. The lowest BCUT2D eigenvalue weighted by Gasteiger charge is -2.15. The molecule has 0 radical (unpaired) electrons. The van der Waals surface area contributed by atoms with Crippen LogP contribution in [0.15, 0.2) is 41.6 Å². The average Bonchev–Trinajstić information content (AvgIpc) is 3.11. The van der Waals surface area contributed by atoms with Gasteiger partial charge in [-0.3, -0.25) is 14.4 Å². The van der Waals surface area contributed by atoms with Crippen LogP contribution < -0.4 is 16.1 Å². The van der Waals surface area contributed by atoms with E-state index in [1.807, 2.05) is 63.4 Å². The zero-order valence-electron chi connectivity index (χ0n) is 18.6. The summed E-state index contributed by atoms with van der Waals surface area (Å²) in [5.74, 6) is -0.737. The first kappa shape index (κ1) is 22.3. The lowest BCUT2D eigenvalue weighted by atomic mass is 10.1. The van der Waals surface area contributed by atoms with Crippen LogP contribution in [0, 0.1) is 12.8 Å². The standard InChI is InChI=1S/C23H29N5O3/c1-14(2)10-27-12-18(21(29)19(13-27)23(31)25-15(3)4)22(30)24-9-17-11-28-16(5)7-6-8-20(28)26-17/h6-8,11-15H,9-10H2,1-5H3,(H,24,30)(H,25,31). The number of aromatic nitrogens is 3. The van der Waals surface area contributed by atoms with Gasteiger partial charge in [-0.25, -0.2) is 4.98 Å². The minimum absolute atomic E-state index is 0.0367. The molecule has 0 bridgehead atoms. The quantitative estimate of drug-likeness (QED) is 0.610. The summed E-state index contributed by atoms with van der Waals surface area (Å²) in [6, 6.07) is 5.66. The van der Waals surface area contributed by atoms with Crippen LogP contribution in [0.5, 0.6) is 0 Å². The predicted molar refractivity (Wildman–Crippen MR) is 119 cm³/mol. The van der Waals surface area contributed by atoms with Gasteiger partial charge in [0.05, 0.1) is 12.2 Å². The topological polar surface area (TPSA) is 97.5 Å². The Kier molecular flexibility index (Phi) is 6.58. The molecule has 0 aliphatic rings. The van der Waals surface area contributed by atoms with E-state index >= 15 is 0 Å². The molecule has 0 aromatic carbocycles. The van der Waals surface area contributed by atoms with Crippen molar-refractivity contribution in [1.29, 1.82) is 0 Å². The summed E-state index contributed by atoms with van der Waals surface area (Å²) in [6.07, 6.45) is 4.88. The first-order chi connectivity index (χ1) is 14.7. The minimum Gasteiger partial charge on any atom is -0.352 e. The van der Waals surface area contributed by atoms with Gasteiger partial charge in [-0.05, 0) is 38.8 Å². The molecule has 0 spiro atoms. The summed E-state index contributed by atoms with van der Waals surface area (Å²) < 4.78 is 3.67. The van der Waals surface area contributed by atoms with Gasteiger partial charge in [0.15, 0.2) is 0 Å². The van der Waals surface area contributed by atoms with Gasteiger partial charge in [-0.15, -0.1) is 0 Å². The SMILES string of the molecule is Cc1cccc2nc(CNC(=O)c3cn(CC(C)C)cc(C(=O)NC(C)C)c3=O)cn12. The lowest BCUT2D eigenvalue weighted by molar-refractivity contribution is 0.0941. The summed E-state index contributed by atoms with van der Waals surface area (Å²) in [7, 11) is 0. The van der Waals surface area contributed by atoms with Gasteiger partial charge in [0.25, 0.3) is 11.8 Å². The third kappa shape index (κ3) is 5.20. The molecule has 3 heterocycles. The maximum atomic E-state index is 12.9. The van der Waals surface area contributed by atoms with Gasteiger partial charge in [-0.2, -0.15) is 0 Å². The summed E-state index contributed by atoms with van der Waals surface area (Å²) >= 11 is 0. The highest BCUT2D eigenvalue weighted by Crippen LogP contribution is 2.09. The third-order valence-electron chi connectivity index (χ3n) is 4.74. The summed E-state index contributed by atoms with van der Waals surface area (Å²) in [5, 5.41) is 5.49. The van der Waals surface area contributed by atoms with E-state index in [2.05, 4.69) is 15.6 Å². The number of imidazole rings is 1. The predicted octanol–water partition coefficient (Wildman–Crippen LogP) is 2.53. The Bertz CT molecular complexity index is 1170. The Balaban J connectivity index is 1.88. The van der Waals surface area contributed by atoms with Crippen LogP contribution in [-0.2, 0) is 13.1 Å². The lowest BCUT2D eigenvalue weighted by Crippen LogP contribution is -2.37. The van der Waals surface area contributed by atoms with E-state index in [4.69, 9.17) is 0 Å². The third-order valence-corrected chi connectivity index (χ3v) is 4.74. The largest absolute Gasteiger partial charge is 0.352 e. The van der Waals surface area contributed by atoms with Gasteiger partial charge >= 0.3 is 0 Å². The summed E-state index contributed by atoms with van der Waals surface area (Å²) in [5.41, 5.74) is 1.82. The summed E-state index contributed by atoms with van der Waals surface area (Å²) in [6.45, 7) is 10.4. The highest BCUT2D eigenvalue weighted by atomic mass is 16.2. The van der Waals surface area contributed by atoms with Gasteiger partial charge in [0.1, 0.15) is 16.8 Å². The molecule has 0 atom stereocenters. The van der Waals surface area contributed by atoms with Crippen molar-refractivity contribution in [3.05, 3.63) is 69.5 Å². The number of carbonyl (C=O) groups is 2. The Morgan fingerprint density at radius 1 is 1.03 bits per heavy atom. The number of fused-ring (bicyclic) bond motifs is 1. The molecule has 164 valence electrons. The number of hydrogen-bond acceptors (Lipinski definition) is 4. The summed E-state index contributed by atoms with van der Waals surface area (Å²) in [4.78, 5) is 42.8. The van der Waals surface area contributed by atoms with Crippen LogP contribution >= 0.6 is 0 Å². The minimum atomic E-state index is -0.582. The van der Waals surface area contributed by atoms with Crippen molar-refractivity contribution >= 4 is 17.5 Å². The van der Waals surface area contributed by atoms with Crippen molar-refractivity contribution in [3.63, 3.8) is 0 Å². The highest BCUT2D eigenvalue weighted by Gasteiger charge is 2.20. The molecule has 3 aromatic rings. The van der Waals surface area contributed by atoms with E-state index in [-0.39, 0.29) is 29.6 Å². The van der Waals surface area contributed by atoms with Gasteiger partial charge in [0.2, 0.25) is 5.43 Å². The van der Waals surface area contributed by atoms with Crippen LogP contribution in [0.3, 0.4) is 0 Å². The highest BCUT2D eigenvalue weighted by molar-refractivity contribution is 5.99. The zero-order chi connectivity index (χ0) is 22.7. The molecule has 0 saturated heterocycles. The molecule has 0 aliphatic carbocycles. The number of nitrogens with zero attached hydrogens (tertiary/aromatic N) is 3. The number of hydrogen-bond donors (Lipinski definition) is 2. The molecule has 3 rings (SSSR count). The maximum absolute atomic E-state index is 12.9. The molecule has 8 heteroatoms. The first-order valence-electron chi connectivity index (χ1n) is 10.4. The first-order valence-corrected chi connectivity index (χ1v) is 10.4. The molecule has 0 aliphatic heterocycles. The van der Waals surface area contributed by atoms with Crippen molar-refractivity contribution in [3.8, 4) is 0 Å². The number of rotatable bonds is 7. The van der Waals surface area contributed by atoms with Gasteiger partial charge in [-0.1, -0.05) is 19.9 Å². The molecule has 0 unspecified atom stereocenters. The second kappa shape index (κ2) is 9.16. The zero-order valence-corrected chi connectivity index (χ0v) is 18.6. The number of carbonyl (C=O) groups excluding carboxylic acids is 2. The normalized spacial score (nSPS) is 11.3. The second-order valence-electron chi connectivity index (χ2n) is 8.44. The fraction of sp³-hybridized carbons (Fsp3) is 0.391. The number of nitrogens with one attached hydrogen (secondary N) is 2. The van der Waals surface area contributed by atoms with Crippen molar-refractivity contribution in [2.24, 2.45) is 5.92 Å². The smallest absolute Gasteiger partial charge is 0.257 e. The Labute approximate surface area is 181 Å². The molecule has 3 aromatic heterocycles. The van der Waals surface area contributed by atoms with Crippen molar-refractivity contribution in [2.45, 2.75) is 53.8 Å². The van der Waals surface area contributed by atoms with Crippen LogP contribution in [0.4, 0.5) is 0 Å². The van der Waals surface area contributed by atoms with E-state index in [9.17, 15) is 14.4 Å². The molecule has 0 fully saturated rings. The molecule has 31 heavy (non-hydrogen) atoms. The van der Waals surface area contributed by atoms with Gasteiger partial charge in [0, 0.05) is 36.9 Å². The van der Waals surface area contributed by atoms with Crippen molar-refractivity contribution in [1.82, 2.24) is 24.6 Å². The van der Waals surface area contributed by atoms with Crippen LogP contribution in [0.1, 0.15) is 59.8 Å². The maximum Gasteiger partial charge on any atom is 0.257 e. The Morgan fingerprint density at radius 2 is 1.71 bits per heavy atom. The molecule has 2 amide bonds. The Hall–Kier alpha value is -3.42. The number of aryl methyl sites for hydroxylation is 1. The van der Waals surface area contributed by atoms with E-state index < -0.39 is 17.2 Å². The molecule has 0 saturated carbocycles. The Morgan fingerprint density at radius 3 is 2.32 bits per heavy atom. The van der Waals surface area contributed by atoms with E-state index in [0.29, 0.717) is 12.2 Å². The van der Waals surface area contributed by atoms with Crippen LogP contribution in [0.25, 0.3) is 5.65 Å². The van der Waals surface area contributed by atoms with Gasteiger partial charge < -0.3 is 19.6 Å². The number of amides is 2. The fourth-order valence-corrected chi connectivity index (χ4v) is 3.37.